The van der Waals surface area contributed by atoms with Crippen molar-refractivity contribution in [2.45, 2.75) is 26.7 Å². The van der Waals surface area contributed by atoms with Gasteiger partial charge in [-0.15, -0.1) is 0 Å². The van der Waals surface area contributed by atoms with E-state index in [-0.39, 0.29) is 0 Å². The first kappa shape index (κ1) is 17.0. The molecule has 0 aromatic heterocycles. The third-order valence-corrected chi connectivity index (χ3v) is 4.17. The number of aryl methyl sites for hydroxylation is 1. The summed E-state index contributed by atoms with van der Waals surface area (Å²) in [5.41, 5.74) is 3.83. The Bertz CT molecular complexity index is 628. The minimum absolute atomic E-state index is 0.556. The molecule has 4 heteroatoms. The van der Waals surface area contributed by atoms with Crippen LogP contribution in [0.25, 0.3) is 0 Å². The van der Waals surface area contributed by atoms with Gasteiger partial charge < -0.3 is 10.1 Å². The topological polar surface area (TPSA) is 21.3 Å². The molecular weight excluding hydrogens is 317 g/mol. The number of halogens is 2. The molecule has 0 fully saturated rings. The van der Waals surface area contributed by atoms with Crippen LogP contribution in [0.3, 0.4) is 0 Å². The van der Waals surface area contributed by atoms with Crippen molar-refractivity contribution in [3.63, 3.8) is 0 Å². The zero-order chi connectivity index (χ0) is 15.9. The van der Waals surface area contributed by atoms with Crippen LogP contribution >= 0.6 is 23.2 Å². The molecule has 0 spiro atoms. The summed E-state index contributed by atoms with van der Waals surface area (Å²) in [7, 11) is 0. The lowest BCUT2D eigenvalue weighted by atomic mass is 10.1. The van der Waals surface area contributed by atoms with E-state index in [0.29, 0.717) is 22.4 Å². The SMILES string of the molecule is Cc1cccc(NCCCCOc2ccc(Cl)cc2Cl)c1C. The fourth-order valence-electron chi connectivity index (χ4n) is 2.17. The molecule has 0 unspecified atom stereocenters. The molecule has 0 aliphatic rings. The Morgan fingerprint density at radius 3 is 2.64 bits per heavy atom. The number of nitrogens with one attached hydrogen (secondary N) is 1. The van der Waals surface area contributed by atoms with Gasteiger partial charge in [-0.1, -0.05) is 35.3 Å². The number of hydrogen-bond acceptors (Lipinski definition) is 2. The number of ether oxygens (including phenoxy) is 1. The third kappa shape index (κ3) is 4.82. The van der Waals surface area contributed by atoms with Crippen molar-refractivity contribution in [3.05, 3.63) is 57.6 Å². The minimum atomic E-state index is 0.556. The first-order valence-corrected chi connectivity index (χ1v) is 8.21. The van der Waals surface area contributed by atoms with E-state index < -0.39 is 0 Å². The van der Waals surface area contributed by atoms with E-state index >= 15 is 0 Å². The van der Waals surface area contributed by atoms with Crippen molar-refractivity contribution in [2.24, 2.45) is 0 Å². The Hall–Kier alpha value is -1.38. The van der Waals surface area contributed by atoms with Crippen LogP contribution in [0.5, 0.6) is 5.75 Å². The fourth-order valence-corrected chi connectivity index (χ4v) is 2.63. The van der Waals surface area contributed by atoms with Gasteiger partial charge in [0, 0.05) is 17.3 Å². The lowest BCUT2D eigenvalue weighted by molar-refractivity contribution is 0.308. The van der Waals surface area contributed by atoms with Crippen LogP contribution in [0.4, 0.5) is 5.69 Å². The maximum Gasteiger partial charge on any atom is 0.137 e. The predicted octanol–water partition coefficient (Wildman–Crippen LogP) is 5.88. The number of unbranched alkanes of at least 4 members (excludes halogenated alkanes) is 1. The quantitative estimate of drug-likeness (QED) is 0.636. The Labute approximate surface area is 142 Å². The van der Waals surface area contributed by atoms with Gasteiger partial charge in [0.15, 0.2) is 0 Å². The number of anilines is 1. The molecule has 0 saturated carbocycles. The molecule has 2 aromatic rings. The lowest BCUT2D eigenvalue weighted by Gasteiger charge is -2.12. The second-order valence-corrected chi connectivity index (χ2v) is 6.15. The van der Waals surface area contributed by atoms with Gasteiger partial charge in [-0.05, 0) is 62.1 Å². The van der Waals surface area contributed by atoms with Gasteiger partial charge in [0.25, 0.3) is 0 Å². The summed E-state index contributed by atoms with van der Waals surface area (Å²) in [4.78, 5) is 0. The summed E-state index contributed by atoms with van der Waals surface area (Å²) in [5, 5.41) is 4.65. The Morgan fingerprint density at radius 2 is 1.86 bits per heavy atom. The average Bonchev–Trinajstić information content (AvgIpc) is 2.48. The van der Waals surface area contributed by atoms with Crippen molar-refractivity contribution < 1.29 is 4.74 Å². The summed E-state index contributed by atoms with van der Waals surface area (Å²) in [6, 6.07) is 11.6. The zero-order valence-electron chi connectivity index (χ0n) is 13.0. The second kappa shape index (κ2) is 8.30. The van der Waals surface area contributed by atoms with Crippen LogP contribution in [0.15, 0.2) is 36.4 Å². The molecule has 22 heavy (non-hydrogen) atoms. The van der Waals surface area contributed by atoms with Gasteiger partial charge in [-0.25, -0.2) is 0 Å². The van der Waals surface area contributed by atoms with E-state index in [4.69, 9.17) is 27.9 Å². The highest BCUT2D eigenvalue weighted by atomic mass is 35.5. The summed E-state index contributed by atoms with van der Waals surface area (Å²) >= 11 is 11.9. The summed E-state index contributed by atoms with van der Waals surface area (Å²) in [6.07, 6.45) is 2.01. The summed E-state index contributed by atoms with van der Waals surface area (Å²) in [5.74, 6) is 0.688. The Morgan fingerprint density at radius 1 is 1.05 bits per heavy atom. The largest absolute Gasteiger partial charge is 0.492 e. The Balaban J connectivity index is 1.68. The molecule has 0 aliphatic carbocycles. The highest BCUT2D eigenvalue weighted by molar-refractivity contribution is 6.35. The van der Waals surface area contributed by atoms with Gasteiger partial charge in [0.1, 0.15) is 5.75 Å². The van der Waals surface area contributed by atoms with Gasteiger partial charge >= 0.3 is 0 Å². The monoisotopic (exact) mass is 337 g/mol. The zero-order valence-corrected chi connectivity index (χ0v) is 14.5. The van der Waals surface area contributed by atoms with Crippen molar-refractivity contribution in [1.82, 2.24) is 0 Å². The van der Waals surface area contributed by atoms with E-state index in [9.17, 15) is 0 Å². The van der Waals surface area contributed by atoms with E-state index in [1.165, 1.54) is 16.8 Å². The van der Waals surface area contributed by atoms with Gasteiger partial charge in [-0.2, -0.15) is 0 Å². The van der Waals surface area contributed by atoms with Crippen molar-refractivity contribution in [1.29, 1.82) is 0 Å². The molecule has 118 valence electrons. The molecule has 1 N–H and O–H groups in total. The number of rotatable bonds is 7. The molecule has 0 saturated heterocycles. The van der Waals surface area contributed by atoms with E-state index in [1.807, 2.05) is 0 Å². The number of benzene rings is 2. The minimum Gasteiger partial charge on any atom is -0.492 e. The molecule has 0 aliphatic heterocycles. The lowest BCUT2D eigenvalue weighted by Crippen LogP contribution is -2.06. The molecule has 0 amide bonds. The maximum absolute atomic E-state index is 6.06. The van der Waals surface area contributed by atoms with Crippen LogP contribution in [0, 0.1) is 13.8 Å². The summed E-state index contributed by atoms with van der Waals surface area (Å²) in [6.45, 7) is 5.85. The molecule has 0 atom stereocenters. The molecule has 2 nitrogen and oxygen atoms in total. The molecule has 0 heterocycles. The van der Waals surface area contributed by atoms with Gasteiger partial charge in [0.05, 0.1) is 11.6 Å². The van der Waals surface area contributed by atoms with E-state index in [1.54, 1.807) is 18.2 Å². The normalized spacial score (nSPS) is 10.5. The Kier molecular flexibility index (Phi) is 6.41. The average molecular weight is 338 g/mol. The maximum atomic E-state index is 6.06. The molecular formula is C18H21Cl2NO. The fraction of sp³-hybridized carbons (Fsp3) is 0.333. The smallest absolute Gasteiger partial charge is 0.137 e. The van der Waals surface area contributed by atoms with Crippen LogP contribution in [-0.2, 0) is 0 Å². The van der Waals surface area contributed by atoms with Crippen LogP contribution in [0.2, 0.25) is 10.0 Å². The highest BCUT2D eigenvalue weighted by Crippen LogP contribution is 2.27. The van der Waals surface area contributed by atoms with E-state index in [2.05, 4.69) is 37.4 Å². The standard InChI is InChI=1S/C18H21Cl2NO/c1-13-6-5-7-17(14(13)2)21-10-3-4-11-22-18-9-8-15(19)12-16(18)20/h5-9,12,21H,3-4,10-11H2,1-2H3. The first-order chi connectivity index (χ1) is 10.6. The molecule has 0 bridgehead atoms. The third-order valence-electron chi connectivity index (χ3n) is 3.64. The van der Waals surface area contributed by atoms with Crippen molar-refractivity contribution in [3.8, 4) is 5.75 Å². The van der Waals surface area contributed by atoms with Gasteiger partial charge in [-0.3, -0.25) is 0 Å². The molecule has 2 aromatic carbocycles. The molecule has 2 rings (SSSR count). The van der Waals surface area contributed by atoms with Gasteiger partial charge in [0.2, 0.25) is 0 Å². The van der Waals surface area contributed by atoms with Crippen molar-refractivity contribution >= 4 is 28.9 Å². The van der Waals surface area contributed by atoms with Crippen LogP contribution < -0.4 is 10.1 Å². The second-order valence-electron chi connectivity index (χ2n) is 5.30. The van der Waals surface area contributed by atoms with Crippen LogP contribution in [-0.4, -0.2) is 13.2 Å². The predicted molar refractivity (Wildman–Crippen MR) is 95.6 cm³/mol. The summed E-state index contributed by atoms with van der Waals surface area (Å²) < 4.78 is 5.67. The molecule has 0 radical (unpaired) electrons. The van der Waals surface area contributed by atoms with E-state index in [0.717, 1.165) is 19.4 Å². The number of hydrogen-bond donors (Lipinski definition) is 1. The van der Waals surface area contributed by atoms with Crippen molar-refractivity contribution in [2.75, 3.05) is 18.5 Å². The first-order valence-electron chi connectivity index (χ1n) is 7.46. The highest BCUT2D eigenvalue weighted by Gasteiger charge is 2.02. The van der Waals surface area contributed by atoms with Crippen LogP contribution in [0.1, 0.15) is 24.0 Å².